The van der Waals surface area contributed by atoms with Gasteiger partial charge in [-0.1, -0.05) is 0 Å². The third-order valence-corrected chi connectivity index (χ3v) is 2.98. The van der Waals surface area contributed by atoms with Gasteiger partial charge in [0.1, 0.15) is 5.82 Å². The van der Waals surface area contributed by atoms with E-state index in [0.717, 1.165) is 36.5 Å². The molecule has 0 aromatic carbocycles. The van der Waals surface area contributed by atoms with Crippen molar-refractivity contribution in [3.63, 3.8) is 0 Å². The van der Waals surface area contributed by atoms with Crippen molar-refractivity contribution >= 4 is 29.9 Å². The van der Waals surface area contributed by atoms with Gasteiger partial charge in [0.15, 0.2) is 5.96 Å². The van der Waals surface area contributed by atoms with Gasteiger partial charge < -0.3 is 10.2 Å². The molecule has 1 N–H and O–H groups in total. The van der Waals surface area contributed by atoms with E-state index in [1.807, 2.05) is 0 Å². The minimum atomic E-state index is -2.56. The second-order valence-electron chi connectivity index (χ2n) is 4.12. The Morgan fingerprint density at radius 1 is 1.47 bits per heavy atom. The van der Waals surface area contributed by atoms with E-state index in [1.54, 1.807) is 7.05 Å². The Bertz CT molecular complexity index is 415. The molecule has 0 radical (unpaired) electrons. The van der Waals surface area contributed by atoms with E-state index in [1.165, 1.54) is 12.4 Å². The number of rotatable bonds is 3. The van der Waals surface area contributed by atoms with Crippen molar-refractivity contribution in [1.29, 1.82) is 0 Å². The van der Waals surface area contributed by atoms with Gasteiger partial charge in [-0.25, -0.2) is 4.98 Å². The second-order valence-corrected chi connectivity index (χ2v) is 4.12. The molecular formula is C11H18F2IN5. The summed E-state index contributed by atoms with van der Waals surface area (Å²) in [7, 11) is 1.69. The van der Waals surface area contributed by atoms with Gasteiger partial charge in [0.05, 0.1) is 6.54 Å². The number of halogens is 3. The summed E-state index contributed by atoms with van der Waals surface area (Å²) in [4.78, 5) is 10.2. The number of hydrogen-bond donors (Lipinski definition) is 1. The van der Waals surface area contributed by atoms with Crippen molar-refractivity contribution in [2.75, 3.05) is 20.1 Å². The summed E-state index contributed by atoms with van der Waals surface area (Å²) in [5.74, 6) is 1.06. The van der Waals surface area contributed by atoms with Crippen molar-refractivity contribution < 1.29 is 8.78 Å². The molecule has 2 heterocycles. The molecular weight excluding hydrogens is 367 g/mol. The van der Waals surface area contributed by atoms with Crippen LogP contribution in [0, 0.1) is 0 Å². The predicted octanol–water partition coefficient (Wildman–Crippen LogP) is 2.07. The standard InChI is InChI=1S/C11H17F2N5.HI/c1-14-11(17-5-2-3-6-17)16-8-9-15-4-7-18(9)10(12)13;/h4,7,10H,2-3,5-6,8H2,1H3,(H,14,16);1H. The highest BCUT2D eigenvalue weighted by Gasteiger charge is 2.17. The Morgan fingerprint density at radius 3 is 2.74 bits per heavy atom. The molecule has 0 spiro atoms. The fourth-order valence-electron chi connectivity index (χ4n) is 2.08. The molecule has 0 bridgehead atoms. The van der Waals surface area contributed by atoms with Crippen LogP contribution in [0.5, 0.6) is 0 Å². The molecule has 8 heteroatoms. The molecule has 19 heavy (non-hydrogen) atoms. The highest BCUT2D eigenvalue weighted by molar-refractivity contribution is 14.0. The van der Waals surface area contributed by atoms with Crippen molar-refractivity contribution in [3.8, 4) is 0 Å². The van der Waals surface area contributed by atoms with E-state index >= 15 is 0 Å². The lowest BCUT2D eigenvalue weighted by Gasteiger charge is -2.20. The molecule has 1 aromatic rings. The van der Waals surface area contributed by atoms with Crippen LogP contribution in [0.15, 0.2) is 17.4 Å². The molecule has 1 aliphatic rings. The van der Waals surface area contributed by atoms with Crippen LogP contribution in [-0.2, 0) is 6.54 Å². The SMILES string of the molecule is CN=C(NCc1nccn1C(F)F)N1CCCC1.I. The van der Waals surface area contributed by atoms with Crippen LogP contribution in [0.2, 0.25) is 0 Å². The fourth-order valence-corrected chi connectivity index (χ4v) is 2.08. The summed E-state index contributed by atoms with van der Waals surface area (Å²) in [6.45, 7) is -0.384. The number of hydrogen-bond acceptors (Lipinski definition) is 2. The van der Waals surface area contributed by atoms with Gasteiger partial charge in [-0.2, -0.15) is 8.78 Å². The first-order valence-corrected chi connectivity index (χ1v) is 5.98. The van der Waals surface area contributed by atoms with Crippen LogP contribution < -0.4 is 5.32 Å². The molecule has 0 atom stereocenters. The predicted molar refractivity (Wildman–Crippen MR) is 79.9 cm³/mol. The lowest BCUT2D eigenvalue weighted by atomic mass is 10.4. The smallest absolute Gasteiger partial charge is 0.319 e. The van der Waals surface area contributed by atoms with Gasteiger partial charge in [0, 0.05) is 32.5 Å². The van der Waals surface area contributed by atoms with Crippen LogP contribution in [0.1, 0.15) is 25.2 Å². The van der Waals surface area contributed by atoms with Crippen LogP contribution in [0.4, 0.5) is 8.78 Å². The number of nitrogens with zero attached hydrogens (tertiary/aromatic N) is 4. The Labute approximate surface area is 128 Å². The summed E-state index contributed by atoms with van der Waals surface area (Å²) in [5, 5.41) is 3.07. The topological polar surface area (TPSA) is 45.5 Å². The zero-order chi connectivity index (χ0) is 13.0. The Balaban J connectivity index is 0.00000180. The number of nitrogens with one attached hydrogen (secondary N) is 1. The molecule has 0 saturated carbocycles. The molecule has 1 aliphatic heterocycles. The first kappa shape index (κ1) is 16.1. The fraction of sp³-hybridized carbons (Fsp3) is 0.636. The normalized spacial score (nSPS) is 15.8. The third-order valence-electron chi connectivity index (χ3n) is 2.98. The molecule has 0 unspecified atom stereocenters. The molecule has 5 nitrogen and oxygen atoms in total. The van der Waals surface area contributed by atoms with E-state index in [-0.39, 0.29) is 30.5 Å². The molecule has 0 aliphatic carbocycles. The maximum Gasteiger partial charge on any atom is 0.319 e. The highest BCUT2D eigenvalue weighted by atomic mass is 127. The average Bonchev–Trinajstić information content (AvgIpc) is 2.99. The average molecular weight is 385 g/mol. The largest absolute Gasteiger partial charge is 0.349 e. The summed E-state index contributed by atoms with van der Waals surface area (Å²) < 4.78 is 26.1. The monoisotopic (exact) mass is 385 g/mol. The number of likely N-dealkylation sites (tertiary alicyclic amines) is 1. The van der Waals surface area contributed by atoms with Gasteiger partial charge in [-0.15, -0.1) is 24.0 Å². The van der Waals surface area contributed by atoms with Crippen molar-refractivity contribution in [1.82, 2.24) is 19.8 Å². The molecule has 0 amide bonds. The Kier molecular flexibility index (Phi) is 6.46. The van der Waals surface area contributed by atoms with Gasteiger partial charge in [-0.3, -0.25) is 9.56 Å². The van der Waals surface area contributed by atoms with E-state index in [2.05, 4.69) is 20.2 Å². The van der Waals surface area contributed by atoms with E-state index in [4.69, 9.17) is 0 Å². The van der Waals surface area contributed by atoms with Crippen molar-refractivity contribution in [2.24, 2.45) is 4.99 Å². The number of aliphatic imine (C=N–C) groups is 1. The highest BCUT2D eigenvalue weighted by Crippen LogP contribution is 2.12. The first-order chi connectivity index (χ1) is 8.72. The lowest BCUT2D eigenvalue weighted by Crippen LogP contribution is -2.39. The number of guanidine groups is 1. The zero-order valence-corrected chi connectivity index (χ0v) is 13.1. The summed E-state index contributed by atoms with van der Waals surface area (Å²) >= 11 is 0. The minimum absolute atomic E-state index is 0. The maximum atomic E-state index is 12.6. The minimum Gasteiger partial charge on any atom is -0.349 e. The molecule has 1 fully saturated rings. The maximum absolute atomic E-state index is 12.6. The van der Waals surface area contributed by atoms with Crippen molar-refractivity contribution in [2.45, 2.75) is 25.9 Å². The van der Waals surface area contributed by atoms with Crippen LogP contribution >= 0.6 is 24.0 Å². The van der Waals surface area contributed by atoms with Gasteiger partial charge >= 0.3 is 6.55 Å². The number of aromatic nitrogens is 2. The van der Waals surface area contributed by atoms with Crippen LogP contribution in [-0.4, -0.2) is 40.5 Å². The first-order valence-electron chi connectivity index (χ1n) is 5.98. The van der Waals surface area contributed by atoms with Gasteiger partial charge in [0.25, 0.3) is 0 Å². The quantitative estimate of drug-likeness (QED) is 0.492. The van der Waals surface area contributed by atoms with Crippen LogP contribution in [0.3, 0.4) is 0 Å². The van der Waals surface area contributed by atoms with E-state index < -0.39 is 6.55 Å². The van der Waals surface area contributed by atoms with E-state index in [0.29, 0.717) is 5.82 Å². The summed E-state index contributed by atoms with van der Waals surface area (Å²) in [5.41, 5.74) is 0. The Morgan fingerprint density at radius 2 is 2.16 bits per heavy atom. The van der Waals surface area contributed by atoms with Crippen LogP contribution in [0.25, 0.3) is 0 Å². The zero-order valence-electron chi connectivity index (χ0n) is 10.7. The molecule has 1 aromatic heterocycles. The summed E-state index contributed by atoms with van der Waals surface area (Å²) in [6.07, 6.45) is 4.95. The van der Waals surface area contributed by atoms with Crippen molar-refractivity contribution in [3.05, 3.63) is 18.2 Å². The van der Waals surface area contributed by atoms with Gasteiger partial charge in [0.2, 0.25) is 0 Å². The Hall–Kier alpha value is -0.930. The van der Waals surface area contributed by atoms with Gasteiger partial charge in [-0.05, 0) is 12.8 Å². The number of alkyl halides is 2. The van der Waals surface area contributed by atoms with E-state index in [9.17, 15) is 8.78 Å². The number of imidazole rings is 1. The third kappa shape index (κ3) is 4.02. The summed E-state index contributed by atoms with van der Waals surface area (Å²) in [6, 6.07) is 0. The molecule has 108 valence electrons. The molecule has 2 rings (SSSR count). The lowest BCUT2D eigenvalue weighted by molar-refractivity contribution is 0.0668. The second kappa shape index (κ2) is 7.61. The molecule has 1 saturated heterocycles.